The predicted octanol–water partition coefficient (Wildman–Crippen LogP) is 4.46. The number of fused-ring (bicyclic) bond motifs is 1. The molecular weight excluding hydrogens is 386 g/mol. The summed E-state index contributed by atoms with van der Waals surface area (Å²) in [6, 6.07) is 9.37. The molecule has 0 unspecified atom stereocenters. The molecule has 2 amide bonds. The number of pyridine rings is 1. The lowest BCUT2D eigenvalue weighted by Gasteiger charge is -2.21. The molecule has 150 valence electrons. The van der Waals surface area contributed by atoms with Crippen LogP contribution >= 0.6 is 11.3 Å². The summed E-state index contributed by atoms with van der Waals surface area (Å²) in [6.45, 7) is -0.176. The summed E-state index contributed by atoms with van der Waals surface area (Å²) in [5.41, 5.74) is 7.77. The number of amides is 2. The molecular formula is C22H23N3O3S. The summed E-state index contributed by atoms with van der Waals surface area (Å²) in [5.74, 6) is 0.0485. The summed E-state index contributed by atoms with van der Waals surface area (Å²) in [6.07, 6.45) is 7.35. The largest absolute Gasteiger partial charge is 0.481 e. The van der Waals surface area contributed by atoms with Crippen molar-refractivity contribution in [1.82, 2.24) is 4.98 Å². The number of carbonyl (C=O) groups is 2. The Morgan fingerprint density at radius 1 is 1.17 bits per heavy atom. The van der Waals surface area contributed by atoms with Gasteiger partial charge in [-0.3, -0.25) is 14.6 Å². The fourth-order valence-electron chi connectivity index (χ4n) is 3.93. The molecule has 1 aliphatic carbocycles. The number of para-hydroxylation sites is 1. The number of ether oxygens (including phenoxy) is 1. The van der Waals surface area contributed by atoms with Crippen LogP contribution in [-0.4, -0.2) is 23.4 Å². The lowest BCUT2D eigenvalue weighted by molar-refractivity contribution is -0.118. The number of hydrogen-bond acceptors (Lipinski definition) is 5. The molecule has 0 radical (unpaired) electrons. The van der Waals surface area contributed by atoms with E-state index in [-0.39, 0.29) is 12.5 Å². The zero-order valence-corrected chi connectivity index (χ0v) is 16.8. The van der Waals surface area contributed by atoms with Crippen LogP contribution in [0.1, 0.15) is 53.9 Å². The van der Waals surface area contributed by atoms with Gasteiger partial charge in [-0.05, 0) is 41.8 Å². The highest BCUT2D eigenvalue weighted by atomic mass is 32.1. The molecule has 3 N–H and O–H groups in total. The van der Waals surface area contributed by atoms with Gasteiger partial charge < -0.3 is 15.8 Å². The minimum Gasteiger partial charge on any atom is -0.481 e. The van der Waals surface area contributed by atoms with Gasteiger partial charge in [-0.2, -0.15) is 0 Å². The van der Waals surface area contributed by atoms with Crippen molar-refractivity contribution in [1.29, 1.82) is 0 Å². The van der Waals surface area contributed by atoms with Gasteiger partial charge in [0.1, 0.15) is 16.3 Å². The predicted molar refractivity (Wildman–Crippen MR) is 115 cm³/mol. The van der Waals surface area contributed by atoms with E-state index in [1.165, 1.54) is 17.8 Å². The third-order valence-electron chi connectivity index (χ3n) is 5.32. The minimum absolute atomic E-state index is 0.176. The molecule has 1 fully saturated rings. The Morgan fingerprint density at radius 2 is 1.97 bits per heavy atom. The van der Waals surface area contributed by atoms with Crippen molar-refractivity contribution in [3.63, 3.8) is 0 Å². The number of carbonyl (C=O) groups excluding carboxylic acids is 2. The highest BCUT2D eigenvalue weighted by Crippen LogP contribution is 2.39. The number of benzene rings is 1. The first-order chi connectivity index (χ1) is 14.1. The van der Waals surface area contributed by atoms with Gasteiger partial charge in [0, 0.05) is 11.6 Å². The van der Waals surface area contributed by atoms with E-state index in [4.69, 9.17) is 10.5 Å². The molecule has 1 saturated carbocycles. The summed E-state index contributed by atoms with van der Waals surface area (Å²) in [7, 11) is 0. The molecule has 0 saturated heterocycles. The van der Waals surface area contributed by atoms with Gasteiger partial charge in [0.2, 0.25) is 0 Å². The first-order valence-corrected chi connectivity index (χ1v) is 10.7. The average molecular weight is 410 g/mol. The fraction of sp³-hybridized carbons (Fsp3) is 0.318. The second-order valence-corrected chi connectivity index (χ2v) is 8.14. The Hall–Kier alpha value is -2.93. The van der Waals surface area contributed by atoms with Crippen molar-refractivity contribution in [3.8, 4) is 5.75 Å². The van der Waals surface area contributed by atoms with E-state index in [0.29, 0.717) is 27.7 Å². The van der Waals surface area contributed by atoms with Crippen molar-refractivity contribution >= 4 is 39.1 Å². The van der Waals surface area contributed by atoms with Crippen molar-refractivity contribution < 1.29 is 14.3 Å². The highest BCUT2D eigenvalue weighted by Gasteiger charge is 2.25. The van der Waals surface area contributed by atoms with E-state index in [1.54, 1.807) is 12.3 Å². The zero-order valence-electron chi connectivity index (χ0n) is 16.0. The molecule has 6 nitrogen and oxygen atoms in total. The molecule has 0 aliphatic heterocycles. The minimum atomic E-state index is -0.499. The van der Waals surface area contributed by atoms with Crippen LogP contribution in [0.4, 0.5) is 5.00 Å². The van der Waals surface area contributed by atoms with Crippen molar-refractivity contribution in [3.05, 3.63) is 53.0 Å². The molecule has 7 heteroatoms. The molecule has 1 aliphatic rings. The van der Waals surface area contributed by atoms with Crippen LogP contribution in [0.25, 0.3) is 10.9 Å². The van der Waals surface area contributed by atoms with Gasteiger partial charge in [0.15, 0.2) is 6.61 Å². The number of nitrogens with two attached hydrogens (primary N) is 1. The third-order valence-corrected chi connectivity index (χ3v) is 6.23. The van der Waals surface area contributed by atoms with Crippen LogP contribution in [-0.2, 0) is 4.79 Å². The van der Waals surface area contributed by atoms with Gasteiger partial charge in [-0.1, -0.05) is 37.5 Å². The Balaban J connectivity index is 1.47. The molecule has 0 spiro atoms. The monoisotopic (exact) mass is 409 g/mol. The lowest BCUT2D eigenvalue weighted by atomic mass is 9.83. The van der Waals surface area contributed by atoms with Crippen LogP contribution < -0.4 is 15.8 Å². The van der Waals surface area contributed by atoms with Crippen molar-refractivity contribution in [2.75, 3.05) is 11.9 Å². The van der Waals surface area contributed by atoms with Gasteiger partial charge >= 0.3 is 0 Å². The van der Waals surface area contributed by atoms with E-state index in [2.05, 4.69) is 10.3 Å². The van der Waals surface area contributed by atoms with Gasteiger partial charge in [-0.25, -0.2) is 0 Å². The Kier molecular flexibility index (Phi) is 5.76. The number of rotatable bonds is 6. The maximum Gasteiger partial charge on any atom is 0.262 e. The second kappa shape index (κ2) is 8.61. The van der Waals surface area contributed by atoms with Gasteiger partial charge in [0.25, 0.3) is 11.8 Å². The van der Waals surface area contributed by atoms with Gasteiger partial charge in [-0.15, -0.1) is 11.3 Å². The summed E-state index contributed by atoms with van der Waals surface area (Å²) < 4.78 is 5.69. The van der Waals surface area contributed by atoms with Crippen LogP contribution in [0.15, 0.2) is 41.9 Å². The van der Waals surface area contributed by atoms with Gasteiger partial charge in [0.05, 0.1) is 5.56 Å². The van der Waals surface area contributed by atoms with E-state index in [1.807, 2.05) is 29.6 Å². The van der Waals surface area contributed by atoms with Crippen LogP contribution in [0.2, 0.25) is 0 Å². The van der Waals surface area contributed by atoms with Crippen LogP contribution in [0.3, 0.4) is 0 Å². The zero-order chi connectivity index (χ0) is 20.2. The molecule has 0 atom stereocenters. The standard InChI is InChI=1S/C22H23N3O3S/c23-21(27)19-16(14-6-2-1-3-7-14)13-29-22(19)25-18(26)12-28-17-10-4-8-15-9-5-11-24-20(15)17/h4-5,8-11,13-14H,1-3,6-7,12H2,(H2,23,27)(H,25,26). The van der Waals surface area contributed by atoms with Crippen LogP contribution in [0, 0.1) is 0 Å². The lowest BCUT2D eigenvalue weighted by Crippen LogP contribution is -2.23. The Morgan fingerprint density at radius 3 is 2.76 bits per heavy atom. The Labute approximate surface area is 173 Å². The highest BCUT2D eigenvalue weighted by molar-refractivity contribution is 7.15. The van der Waals surface area contributed by atoms with E-state index in [9.17, 15) is 9.59 Å². The summed E-state index contributed by atoms with van der Waals surface area (Å²) >= 11 is 1.35. The third kappa shape index (κ3) is 4.24. The number of nitrogens with zero attached hydrogens (tertiary/aromatic N) is 1. The topological polar surface area (TPSA) is 94.3 Å². The molecule has 1 aromatic carbocycles. The maximum atomic E-state index is 12.5. The molecule has 2 heterocycles. The number of hydrogen-bond donors (Lipinski definition) is 2. The quantitative estimate of drug-likeness (QED) is 0.628. The smallest absolute Gasteiger partial charge is 0.262 e. The number of aromatic nitrogens is 1. The molecule has 4 rings (SSSR count). The number of primary amides is 1. The maximum absolute atomic E-state index is 12.5. The molecule has 3 aromatic rings. The summed E-state index contributed by atoms with van der Waals surface area (Å²) in [4.78, 5) is 28.9. The SMILES string of the molecule is NC(=O)c1c(C2CCCCC2)csc1NC(=O)COc1cccc2cccnc12. The number of nitrogens with one attached hydrogen (secondary N) is 1. The Bertz CT molecular complexity index is 1040. The van der Waals surface area contributed by atoms with E-state index in [0.717, 1.165) is 36.6 Å². The first kappa shape index (κ1) is 19.4. The van der Waals surface area contributed by atoms with Crippen LogP contribution in [0.5, 0.6) is 5.75 Å². The van der Waals surface area contributed by atoms with E-state index >= 15 is 0 Å². The van der Waals surface area contributed by atoms with E-state index < -0.39 is 5.91 Å². The second-order valence-electron chi connectivity index (χ2n) is 7.26. The molecule has 0 bridgehead atoms. The molecule has 2 aromatic heterocycles. The van der Waals surface area contributed by atoms with Crippen molar-refractivity contribution in [2.45, 2.75) is 38.0 Å². The van der Waals surface area contributed by atoms with Crippen molar-refractivity contribution in [2.24, 2.45) is 5.73 Å². The average Bonchev–Trinajstić information content (AvgIpc) is 3.16. The summed E-state index contributed by atoms with van der Waals surface area (Å²) in [5, 5.41) is 6.21. The fourth-order valence-corrected chi connectivity index (χ4v) is 4.99. The number of anilines is 1. The molecule has 29 heavy (non-hydrogen) atoms. The number of thiophene rings is 1. The first-order valence-electron chi connectivity index (χ1n) is 9.81. The normalized spacial score (nSPS) is 14.6.